The molecule has 0 saturated carbocycles. The first kappa shape index (κ1) is 19.4. The predicted octanol–water partition coefficient (Wildman–Crippen LogP) is 2.62. The minimum Gasteiger partial charge on any atom is -0.340 e. The highest BCUT2D eigenvalue weighted by Gasteiger charge is 2.34. The van der Waals surface area contributed by atoms with Crippen molar-refractivity contribution < 1.29 is 13.2 Å². The predicted molar refractivity (Wildman–Crippen MR) is 90.2 cm³/mol. The van der Waals surface area contributed by atoms with Gasteiger partial charge in [0.2, 0.25) is 15.9 Å². The van der Waals surface area contributed by atoms with Gasteiger partial charge in [-0.2, -0.15) is 4.31 Å². The van der Waals surface area contributed by atoms with E-state index in [1.54, 1.807) is 4.31 Å². The number of nitrogens with zero attached hydrogens (tertiary/aromatic N) is 2. The van der Waals surface area contributed by atoms with E-state index in [-0.39, 0.29) is 5.54 Å². The third-order valence-electron chi connectivity index (χ3n) is 4.08. The molecule has 130 valence electrons. The van der Waals surface area contributed by atoms with E-state index in [1.807, 2.05) is 25.7 Å². The van der Waals surface area contributed by atoms with Crippen LogP contribution in [0, 0.1) is 0 Å². The highest BCUT2D eigenvalue weighted by molar-refractivity contribution is 7.89. The first-order valence-electron chi connectivity index (χ1n) is 8.35. The molecule has 2 aliphatic heterocycles. The van der Waals surface area contributed by atoms with Crippen molar-refractivity contribution in [3.8, 4) is 0 Å². The molecule has 2 rings (SSSR count). The molecule has 0 bridgehead atoms. The van der Waals surface area contributed by atoms with Crippen LogP contribution in [0.1, 0.15) is 66.7 Å². The molecule has 22 heavy (non-hydrogen) atoms. The van der Waals surface area contributed by atoms with Crippen molar-refractivity contribution in [2.75, 3.05) is 18.8 Å². The second-order valence-electron chi connectivity index (χ2n) is 7.40. The Kier molecular flexibility index (Phi) is 6.86. The first-order chi connectivity index (χ1) is 10.1. The molecule has 5 nitrogen and oxygen atoms in total. The number of carbonyl (C=O) groups is 1. The van der Waals surface area contributed by atoms with Crippen molar-refractivity contribution in [1.82, 2.24) is 9.21 Å². The number of carbonyl (C=O) groups excluding carboxylic acids is 1. The Labute approximate surface area is 136 Å². The maximum atomic E-state index is 11.6. The molecule has 6 heteroatoms. The second-order valence-corrected chi connectivity index (χ2v) is 9.42. The second kappa shape index (κ2) is 7.77. The van der Waals surface area contributed by atoms with Gasteiger partial charge in [-0.3, -0.25) is 4.79 Å². The van der Waals surface area contributed by atoms with E-state index in [0.29, 0.717) is 24.2 Å². The van der Waals surface area contributed by atoms with Crippen LogP contribution in [0.3, 0.4) is 0 Å². The molecular formula is C16H32N2O3S. The van der Waals surface area contributed by atoms with Gasteiger partial charge in [-0.15, -0.1) is 0 Å². The summed E-state index contributed by atoms with van der Waals surface area (Å²) in [6, 6.07) is 0.396. The van der Waals surface area contributed by atoms with Crippen LogP contribution >= 0.6 is 0 Å². The summed E-state index contributed by atoms with van der Waals surface area (Å²) in [7, 11) is -2.95. The zero-order valence-electron chi connectivity index (χ0n) is 14.8. The summed E-state index contributed by atoms with van der Waals surface area (Å²) in [4.78, 5) is 13.1. The van der Waals surface area contributed by atoms with Crippen LogP contribution in [0.5, 0.6) is 0 Å². The van der Waals surface area contributed by atoms with Gasteiger partial charge in [-0.1, -0.05) is 0 Å². The Bertz CT molecular complexity index is 466. The fourth-order valence-electron chi connectivity index (χ4n) is 2.91. The van der Waals surface area contributed by atoms with E-state index in [9.17, 15) is 13.2 Å². The SMILES string of the molecule is CC(C)(C)N1CCCCS1(=O)=O.CC(C)N1CCCCC1=O. The monoisotopic (exact) mass is 332 g/mol. The summed E-state index contributed by atoms with van der Waals surface area (Å²) in [6.45, 7) is 11.6. The average molecular weight is 333 g/mol. The van der Waals surface area contributed by atoms with Crippen LogP contribution in [0.4, 0.5) is 0 Å². The maximum absolute atomic E-state index is 11.6. The van der Waals surface area contributed by atoms with Crippen molar-refractivity contribution in [3.05, 3.63) is 0 Å². The van der Waals surface area contributed by atoms with E-state index in [2.05, 4.69) is 13.8 Å². The van der Waals surface area contributed by atoms with Crippen molar-refractivity contribution in [1.29, 1.82) is 0 Å². The first-order valence-corrected chi connectivity index (χ1v) is 9.96. The lowest BCUT2D eigenvalue weighted by Gasteiger charge is -2.37. The summed E-state index contributed by atoms with van der Waals surface area (Å²) >= 11 is 0. The molecule has 2 fully saturated rings. The van der Waals surface area contributed by atoms with Gasteiger partial charge >= 0.3 is 0 Å². The van der Waals surface area contributed by atoms with Crippen molar-refractivity contribution in [3.63, 3.8) is 0 Å². The molecule has 2 saturated heterocycles. The van der Waals surface area contributed by atoms with Crippen LogP contribution in [0.25, 0.3) is 0 Å². The number of hydrogen-bond donors (Lipinski definition) is 0. The van der Waals surface area contributed by atoms with E-state index in [4.69, 9.17) is 0 Å². The highest BCUT2D eigenvalue weighted by atomic mass is 32.2. The zero-order valence-corrected chi connectivity index (χ0v) is 15.6. The lowest BCUT2D eigenvalue weighted by molar-refractivity contribution is -0.135. The van der Waals surface area contributed by atoms with Crippen molar-refractivity contribution in [2.24, 2.45) is 0 Å². The third-order valence-corrected chi connectivity index (χ3v) is 6.29. The molecule has 0 spiro atoms. The minimum atomic E-state index is -2.95. The Hall–Kier alpha value is -0.620. The number of hydrogen-bond acceptors (Lipinski definition) is 3. The summed E-state index contributed by atoms with van der Waals surface area (Å²) in [6.07, 6.45) is 4.84. The van der Waals surface area contributed by atoms with Gasteiger partial charge in [0.05, 0.1) is 5.75 Å². The van der Waals surface area contributed by atoms with E-state index in [1.165, 1.54) is 6.42 Å². The molecule has 1 amide bonds. The van der Waals surface area contributed by atoms with E-state index >= 15 is 0 Å². The molecule has 0 atom stereocenters. The van der Waals surface area contributed by atoms with E-state index in [0.717, 1.165) is 32.2 Å². The zero-order chi connectivity index (χ0) is 17.0. The van der Waals surface area contributed by atoms with Crippen LogP contribution in [-0.4, -0.2) is 54.0 Å². The third kappa shape index (κ3) is 5.54. The standard InChI is InChI=1S/C8H17NO2S.C8H15NO/c1-8(2,3)9-6-4-5-7-12(9,10)11;1-7(2)9-6-4-3-5-8(9)10/h4-7H2,1-3H3;7H,3-6H2,1-2H3. The van der Waals surface area contributed by atoms with Crippen LogP contribution in [-0.2, 0) is 14.8 Å². The summed E-state index contributed by atoms with van der Waals surface area (Å²) in [5.74, 6) is 0.658. The highest BCUT2D eigenvalue weighted by Crippen LogP contribution is 2.23. The van der Waals surface area contributed by atoms with Gasteiger partial charge in [0.15, 0.2) is 0 Å². The molecule has 0 radical (unpaired) electrons. The number of rotatable bonds is 1. The van der Waals surface area contributed by atoms with Crippen LogP contribution in [0.2, 0.25) is 0 Å². The average Bonchev–Trinajstić information content (AvgIpc) is 2.37. The van der Waals surface area contributed by atoms with Crippen molar-refractivity contribution in [2.45, 2.75) is 78.3 Å². The lowest BCUT2D eigenvalue weighted by Crippen LogP contribution is -2.49. The quantitative estimate of drug-likeness (QED) is 0.741. The molecule has 0 aromatic heterocycles. The van der Waals surface area contributed by atoms with Gasteiger partial charge < -0.3 is 4.90 Å². The molecule has 0 aromatic rings. The number of likely N-dealkylation sites (tertiary alicyclic amines) is 1. The largest absolute Gasteiger partial charge is 0.340 e. The maximum Gasteiger partial charge on any atom is 0.222 e. The van der Waals surface area contributed by atoms with Gasteiger partial charge in [0, 0.05) is 31.1 Å². The molecular weight excluding hydrogens is 300 g/mol. The van der Waals surface area contributed by atoms with Crippen LogP contribution in [0.15, 0.2) is 0 Å². The van der Waals surface area contributed by atoms with Gasteiger partial charge in [0.1, 0.15) is 0 Å². The Morgan fingerprint density at radius 2 is 1.59 bits per heavy atom. The number of amides is 1. The molecule has 0 aromatic carbocycles. The summed E-state index contributed by atoms with van der Waals surface area (Å²) in [5, 5.41) is 0. The molecule has 0 aliphatic carbocycles. The summed E-state index contributed by atoms with van der Waals surface area (Å²) < 4.78 is 24.7. The smallest absolute Gasteiger partial charge is 0.222 e. The molecule has 2 aliphatic rings. The number of piperidine rings is 1. The Balaban J connectivity index is 0.000000224. The normalized spacial score (nSPS) is 23.2. The summed E-state index contributed by atoms with van der Waals surface area (Å²) in [5.41, 5.74) is -0.251. The van der Waals surface area contributed by atoms with E-state index < -0.39 is 10.0 Å². The van der Waals surface area contributed by atoms with Gasteiger partial charge in [-0.05, 0) is 60.3 Å². The topological polar surface area (TPSA) is 57.7 Å². The Morgan fingerprint density at radius 1 is 1.00 bits per heavy atom. The van der Waals surface area contributed by atoms with Gasteiger partial charge in [0.25, 0.3) is 0 Å². The molecule has 2 heterocycles. The van der Waals surface area contributed by atoms with Gasteiger partial charge in [-0.25, -0.2) is 8.42 Å². The minimum absolute atomic E-state index is 0.251. The lowest BCUT2D eigenvalue weighted by atomic mass is 10.1. The molecule has 0 N–H and O–H groups in total. The molecule has 0 unspecified atom stereocenters. The number of sulfonamides is 1. The fourth-order valence-corrected chi connectivity index (χ4v) is 4.95. The van der Waals surface area contributed by atoms with Crippen LogP contribution < -0.4 is 0 Å². The fraction of sp³-hybridized carbons (Fsp3) is 0.938. The Morgan fingerprint density at radius 3 is 1.95 bits per heavy atom. The van der Waals surface area contributed by atoms with Crippen molar-refractivity contribution >= 4 is 15.9 Å².